The molecule has 2 atom stereocenters. The van der Waals surface area contributed by atoms with Gasteiger partial charge in [-0.25, -0.2) is 0 Å². The molecule has 0 aliphatic carbocycles. The molecule has 0 radical (unpaired) electrons. The molecule has 0 rings (SSSR count). The fourth-order valence-electron chi connectivity index (χ4n) is 2.34. The van der Waals surface area contributed by atoms with Crippen molar-refractivity contribution in [3.05, 3.63) is 0 Å². The average molecular weight is 233 g/mol. The first-order valence-electron chi connectivity index (χ1n) is 6.69. The van der Waals surface area contributed by atoms with E-state index < -0.39 is 0 Å². The summed E-state index contributed by atoms with van der Waals surface area (Å²) >= 11 is 6.05. The minimum absolute atomic E-state index is 0.744. The second-order valence-corrected chi connectivity index (χ2v) is 5.61. The lowest BCUT2D eigenvalue weighted by Gasteiger charge is -2.22. The van der Waals surface area contributed by atoms with Crippen molar-refractivity contribution in [3.63, 3.8) is 0 Å². The van der Waals surface area contributed by atoms with Gasteiger partial charge in [0.05, 0.1) is 0 Å². The minimum Gasteiger partial charge on any atom is -0.126 e. The maximum absolute atomic E-state index is 6.05. The second kappa shape index (κ2) is 9.51. The molecular formula is C14H29Cl. The van der Waals surface area contributed by atoms with Crippen LogP contribution in [0.3, 0.4) is 0 Å². The Hall–Kier alpha value is 0.290. The molecule has 0 aromatic carbocycles. The summed E-state index contributed by atoms with van der Waals surface area (Å²) in [7, 11) is 0. The van der Waals surface area contributed by atoms with Crippen LogP contribution in [0.4, 0.5) is 0 Å². The predicted molar refractivity (Wildman–Crippen MR) is 71.6 cm³/mol. The van der Waals surface area contributed by atoms with Gasteiger partial charge in [0.1, 0.15) is 0 Å². The van der Waals surface area contributed by atoms with Crippen LogP contribution >= 0.6 is 11.6 Å². The zero-order chi connectivity index (χ0) is 11.7. The highest BCUT2D eigenvalue weighted by molar-refractivity contribution is 6.18. The minimum atomic E-state index is 0.744. The summed E-state index contributed by atoms with van der Waals surface area (Å²) in [5, 5.41) is 0. The van der Waals surface area contributed by atoms with Gasteiger partial charge in [0.2, 0.25) is 0 Å². The number of hydrogen-bond donors (Lipinski definition) is 0. The van der Waals surface area contributed by atoms with Crippen LogP contribution in [-0.4, -0.2) is 5.88 Å². The molecule has 0 aromatic heterocycles. The van der Waals surface area contributed by atoms with Gasteiger partial charge in [0, 0.05) is 5.88 Å². The van der Waals surface area contributed by atoms with Crippen LogP contribution < -0.4 is 0 Å². The first kappa shape index (κ1) is 15.3. The fourth-order valence-corrected chi connectivity index (χ4v) is 2.59. The van der Waals surface area contributed by atoms with E-state index >= 15 is 0 Å². The summed E-state index contributed by atoms with van der Waals surface area (Å²) in [5.41, 5.74) is 0. The monoisotopic (exact) mass is 232 g/mol. The van der Waals surface area contributed by atoms with Crippen LogP contribution in [0, 0.1) is 17.8 Å². The topological polar surface area (TPSA) is 0 Å². The van der Waals surface area contributed by atoms with E-state index in [4.69, 9.17) is 11.6 Å². The summed E-state index contributed by atoms with van der Waals surface area (Å²) in [6.07, 6.45) is 8.08. The van der Waals surface area contributed by atoms with E-state index in [2.05, 4.69) is 27.7 Å². The van der Waals surface area contributed by atoms with E-state index in [0.717, 1.165) is 23.6 Å². The van der Waals surface area contributed by atoms with Crippen LogP contribution in [0.5, 0.6) is 0 Å². The molecule has 0 spiro atoms. The molecule has 0 N–H and O–H groups in total. The smallest absolute Gasteiger partial charge is 0.0251 e. The molecule has 0 saturated carbocycles. The average Bonchev–Trinajstić information content (AvgIpc) is 2.21. The Balaban J connectivity index is 3.88. The molecule has 0 bridgehead atoms. The number of hydrogen-bond acceptors (Lipinski definition) is 0. The van der Waals surface area contributed by atoms with Gasteiger partial charge in [0.15, 0.2) is 0 Å². The molecule has 0 fully saturated rings. The summed E-state index contributed by atoms with van der Waals surface area (Å²) < 4.78 is 0. The third-order valence-electron chi connectivity index (χ3n) is 3.23. The van der Waals surface area contributed by atoms with E-state index in [9.17, 15) is 0 Å². The fraction of sp³-hybridized carbons (Fsp3) is 1.00. The molecule has 0 heterocycles. The third-order valence-corrected chi connectivity index (χ3v) is 3.67. The number of unbranched alkanes of at least 4 members (excludes halogenated alkanes) is 1. The van der Waals surface area contributed by atoms with Gasteiger partial charge in [-0.3, -0.25) is 0 Å². The molecule has 0 aromatic rings. The standard InChI is InChI=1S/C14H29Cl/c1-5-7-8-13(6-2)10-14(11-15)9-12(3)4/h12-14H,5-11H2,1-4H3. The van der Waals surface area contributed by atoms with E-state index in [1.54, 1.807) is 0 Å². The van der Waals surface area contributed by atoms with Gasteiger partial charge in [-0.1, -0.05) is 53.4 Å². The van der Waals surface area contributed by atoms with E-state index in [1.807, 2.05) is 0 Å². The summed E-state index contributed by atoms with van der Waals surface area (Å²) in [6, 6.07) is 0. The Morgan fingerprint density at radius 3 is 2.07 bits per heavy atom. The van der Waals surface area contributed by atoms with Gasteiger partial charge in [-0.2, -0.15) is 0 Å². The maximum Gasteiger partial charge on any atom is 0.0251 e. The quantitative estimate of drug-likeness (QED) is 0.461. The molecule has 0 saturated heterocycles. The molecule has 1 heteroatoms. The lowest BCUT2D eigenvalue weighted by Crippen LogP contribution is -2.12. The zero-order valence-corrected chi connectivity index (χ0v) is 11.8. The van der Waals surface area contributed by atoms with Crippen molar-refractivity contribution in [2.24, 2.45) is 17.8 Å². The molecule has 15 heavy (non-hydrogen) atoms. The molecule has 0 amide bonds. The SMILES string of the molecule is CCCCC(CC)CC(CCl)CC(C)C. The van der Waals surface area contributed by atoms with Gasteiger partial charge in [0.25, 0.3) is 0 Å². The first-order chi connectivity index (χ1) is 7.13. The molecule has 2 unspecified atom stereocenters. The van der Waals surface area contributed by atoms with Crippen LogP contribution in [-0.2, 0) is 0 Å². The Morgan fingerprint density at radius 2 is 1.67 bits per heavy atom. The third kappa shape index (κ3) is 8.13. The Morgan fingerprint density at radius 1 is 1.00 bits per heavy atom. The summed E-state index contributed by atoms with van der Waals surface area (Å²) in [6.45, 7) is 9.19. The van der Waals surface area contributed by atoms with Gasteiger partial charge in [-0.15, -0.1) is 11.6 Å². The normalized spacial score (nSPS) is 15.6. The van der Waals surface area contributed by atoms with Crippen molar-refractivity contribution in [2.75, 3.05) is 5.88 Å². The van der Waals surface area contributed by atoms with Crippen molar-refractivity contribution < 1.29 is 0 Å². The Labute approximate surface area is 102 Å². The molecule has 0 aliphatic rings. The molecule has 0 aliphatic heterocycles. The predicted octanol–water partition coefficient (Wildman–Crippen LogP) is 5.49. The van der Waals surface area contributed by atoms with E-state index in [0.29, 0.717) is 0 Å². The molecular weight excluding hydrogens is 204 g/mol. The summed E-state index contributed by atoms with van der Waals surface area (Å²) in [4.78, 5) is 0. The summed E-state index contributed by atoms with van der Waals surface area (Å²) in [5.74, 6) is 3.29. The van der Waals surface area contributed by atoms with Crippen LogP contribution in [0.15, 0.2) is 0 Å². The van der Waals surface area contributed by atoms with Crippen molar-refractivity contribution in [1.82, 2.24) is 0 Å². The van der Waals surface area contributed by atoms with E-state index in [1.165, 1.54) is 38.5 Å². The second-order valence-electron chi connectivity index (χ2n) is 5.30. The van der Waals surface area contributed by atoms with Crippen LogP contribution in [0.25, 0.3) is 0 Å². The number of halogens is 1. The van der Waals surface area contributed by atoms with Gasteiger partial charge in [-0.05, 0) is 30.6 Å². The number of rotatable bonds is 9. The van der Waals surface area contributed by atoms with Crippen molar-refractivity contribution >= 4 is 11.6 Å². The van der Waals surface area contributed by atoms with Crippen molar-refractivity contribution in [2.45, 2.75) is 66.2 Å². The lowest BCUT2D eigenvalue weighted by atomic mass is 9.85. The number of alkyl halides is 1. The lowest BCUT2D eigenvalue weighted by molar-refractivity contribution is 0.318. The maximum atomic E-state index is 6.05. The molecule has 0 nitrogen and oxygen atoms in total. The van der Waals surface area contributed by atoms with E-state index in [-0.39, 0.29) is 0 Å². The highest BCUT2D eigenvalue weighted by Crippen LogP contribution is 2.26. The first-order valence-corrected chi connectivity index (χ1v) is 7.23. The van der Waals surface area contributed by atoms with Crippen molar-refractivity contribution in [1.29, 1.82) is 0 Å². The van der Waals surface area contributed by atoms with Crippen LogP contribution in [0.1, 0.15) is 66.2 Å². The highest BCUT2D eigenvalue weighted by atomic mass is 35.5. The van der Waals surface area contributed by atoms with Crippen LogP contribution in [0.2, 0.25) is 0 Å². The van der Waals surface area contributed by atoms with Gasteiger partial charge >= 0.3 is 0 Å². The largest absolute Gasteiger partial charge is 0.126 e. The highest BCUT2D eigenvalue weighted by Gasteiger charge is 2.15. The Bertz CT molecular complexity index is 131. The Kier molecular flexibility index (Phi) is 9.70. The van der Waals surface area contributed by atoms with Crippen molar-refractivity contribution in [3.8, 4) is 0 Å². The zero-order valence-electron chi connectivity index (χ0n) is 11.1. The molecule has 92 valence electrons. The van der Waals surface area contributed by atoms with Gasteiger partial charge < -0.3 is 0 Å².